The van der Waals surface area contributed by atoms with Gasteiger partial charge in [-0.1, -0.05) is 5.21 Å². The summed E-state index contributed by atoms with van der Waals surface area (Å²) < 4.78 is 19.8. The van der Waals surface area contributed by atoms with Crippen molar-refractivity contribution >= 4 is 5.91 Å². The fraction of sp³-hybridized carbons (Fsp3) is 0.308. The van der Waals surface area contributed by atoms with Crippen molar-refractivity contribution in [2.45, 2.75) is 13.1 Å². The second-order valence-electron chi connectivity index (χ2n) is 4.26. The number of hydrogen-bond acceptors (Lipinski definition) is 5. The summed E-state index contributed by atoms with van der Waals surface area (Å²) in [6.45, 7) is 1.10. The van der Waals surface area contributed by atoms with Gasteiger partial charge >= 0.3 is 0 Å². The third-order valence-corrected chi connectivity index (χ3v) is 2.64. The highest BCUT2D eigenvalue weighted by molar-refractivity contribution is 5.77. The fourth-order valence-corrected chi connectivity index (χ4v) is 1.58. The van der Waals surface area contributed by atoms with Crippen LogP contribution in [0.25, 0.3) is 0 Å². The van der Waals surface area contributed by atoms with Crippen molar-refractivity contribution in [3.8, 4) is 5.75 Å². The SMILES string of the molecule is NCC(=O)NCc1cn(CCOc2ccc(F)cc2)nn1. The molecule has 0 fully saturated rings. The van der Waals surface area contributed by atoms with Crippen molar-refractivity contribution in [1.29, 1.82) is 0 Å². The molecule has 8 heteroatoms. The van der Waals surface area contributed by atoms with Crippen LogP contribution >= 0.6 is 0 Å². The van der Waals surface area contributed by atoms with Crippen LogP contribution in [-0.2, 0) is 17.9 Å². The van der Waals surface area contributed by atoms with Crippen LogP contribution in [0.5, 0.6) is 5.75 Å². The number of nitrogens with two attached hydrogens (primary N) is 1. The lowest BCUT2D eigenvalue weighted by Gasteiger charge is -2.05. The Labute approximate surface area is 120 Å². The topological polar surface area (TPSA) is 95.1 Å². The Morgan fingerprint density at radius 1 is 1.38 bits per heavy atom. The molecule has 0 aliphatic rings. The van der Waals surface area contributed by atoms with Gasteiger partial charge < -0.3 is 15.8 Å². The van der Waals surface area contributed by atoms with Gasteiger partial charge in [-0.05, 0) is 24.3 Å². The van der Waals surface area contributed by atoms with Crippen molar-refractivity contribution in [1.82, 2.24) is 20.3 Å². The zero-order chi connectivity index (χ0) is 15.1. The molecule has 0 spiro atoms. The van der Waals surface area contributed by atoms with Gasteiger partial charge in [0, 0.05) is 0 Å². The molecule has 2 aromatic rings. The molecule has 0 bridgehead atoms. The van der Waals surface area contributed by atoms with E-state index in [9.17, 15) is 9.18 Å². The summed E-state index contributed by atoms with van der Waals surface area (Å²) in [5.74, 6) is 0.0407. The second kappa shape index (κ2) is 7.34. The van der Waals surface area contributed by atoms with Crippen LogP contribution in [0.2, 0.25) is 0 Å². The average molecular weight is 293 g/mol. The lowest BCUT2D eigenvalue weighted by molar-refractivity contribution is -0.119. The summed E-state index contributed by atoms with van der Waals surface area (Å²) >= 11 is 0. The van der Waals surface area contributed by atoms with Crippen molar-refractivity contribution in [3.05, 3.63) is 42.0 Å². The van der Waals surface area contributed by atoms with E-state index in [4.69, 9.17) is 10.5 Å². The van der Waals surface area contributed by atoms with Gasteiger partial charge in [0.25, 0.3) is 0 Å². The van der Waals surface area contributed by atoms with E-state index in [1.165, 1.54) is 12.1 Å². The second-order valence-corrected chi connectivity index (χ2v) is 4.26. The monoisotopic (exact) mass is 293 g/mol. The van der Waals surface area contributed by atoms with E-state index in [1.54, 1.807) is 23.0 Å². The van der Waals surface area contributed by atoms with Crippen LogP contribution in [0.15, 0.2) is 30.5 Å². The first-order chi connectivity index (χ1) is 10.2. The summed E-state index contributed by atoms with van der Waals surface area (Å²) in [6.07, 6.45) is 1.71. The van der Waals surface area contributed by atoms with Crippen LogP contribution in [0.3, 0.4) is 0 Å². The third kappa shape index (κ3) is 4.84. The smallest absolute Gasteiger partial charge is 0.234 e. The summed E-state index contributed by atoms with van der Waals surface area (Å²) in [5.41, 5.74) is 5.82. The minimum atomic E-state index is -0.303. The van der Waals surface area contributed by atoms with Gasteiger partial charge in [-0.3, -0.25) is 4.79 Å². The van der Waals surface area contributed by atoms with Crippen molar-refractivity contribution in [2.24, 2.45) is 5.73 Å². The first kappa shape index (κ1) is 14.9. The van der Waals surface area contributed by atoms with Gasteiger partial charge in [0.15, 0.2) is 0 Å². The molecule has 2 rings (SSSR count). The molecule has 0 aliphatic carbocycles. The molecule has 0 saturated heterocycles. The van der Waals surface area contributed by atoms with Crippen molar-refractivity contribution in [2.75, 3.05) is 13.2 Å². The Morgan fingerprint density at radius 2 is 2.14 bits per heavy atom. The first-order valence-electron chi connectivity index (χ1n) is 6.41. The van der Waals surface area contributed by atoms with Gasteiger partial charge in [0.2, 0.25) is 5.91 Å². The summed E-state index contributed by atoms with van der Waals surface area (Å²) in [6, 6.07) is 5.79. The number of aromatic nitrogens is 3. The molecule has 1 amide bonds. The van der Waals surface area contributed by atoms with Gasteiger partial charge in [-0.25, -0.2) is 9.07 Å². The van der Waals surface area contributed by atoms with Crippen LogP contribution < -0.4 is 15.8 Å². The Bertz CT molecular complexity index is 585. The number of hydrogen-bond donors (Lipinski definition) is 2. The molecule has 7 nitrogen and oxygen atoms in total. The summed E-state index contributed by atoms with van der Waals surface area (Å²) in [4.78, 5) is 11.0. The Hall–Kier alpha value is -2.48. The van der Waals surface area contributed by atoms with Crippen LogP contribution in [0.4, 0.5) is 4.39 Å². The predicted molar refractivity (Wildman–Crippen MR) is 72.8 cm³/mol. The van der Waals surface area contributed by atoms with Crippen molar-refractivity contribution in [3.63, 3.8) is 0 Å². The fourth-order valence-electron chi connectivity index (χ4n) is 1.58. The van der Waals surface area contributed by atoms with Crippen molar-refractivity contribution < 1.29 is 13.9 Å². The number of carbonyl (C=O) groups excluding carboxylic acids is 1. The normalized spacial score (nSPS) is 10.4. The summed E-state index contributed by atoms with van der Waals surface area (Å²) in [5, 5.41) is 10.4. The van der Waals surface area contributed by atoms with E-state index in [0.717, 1.165) is 0 Å². The first-order valence-corrected chi connectivity index (χ1v) is 6.41. The zero-order valence-electron chi connectivity index (χ0n) is 11.3. The van der Waals surface area contributed by atoms with E-state index >= 15 is 0 Å². The molecule has 0 aliphatic heterocycles. The molecule has 1 heterocycles. The highest BCUT2D eigenvalue weighted by atomic mass is 19.1. The molecule has 112 valence electrons. The highest BCUT2D eigenvalue weighted by Crippen LogP contribution is 2.10. The largest absolute Gasteiger partial charge is 0.492 e. The zero-order valence-corrected chi connectivity index (χ0v) is 11.3. The number of nitrogens with one attached hydrogen (secondary N) is 1. The maximum Gasteiger partial charge on any atom is 0.234 e. The molecule has 0 atom stereocenters. The Morgan fingerprint density at radius 3 is 2.86 bits per heavy atom. The van der Waals surface area contributed by atoms with Gasteiger partial charge in [-0.15, -0.1) is 5.10 Å². The molecule has 3 N–H and O–H groups in total. The molecule has 0 saturated carbocycles. The minimum absolute atomic E-state index is 0.0559. The van der Waals surface area contributed by atoms with E-state index in [2.05, 4.69) is 15.6 Å². The Kier molecular flexibility index (Phi) is 5.22. The quantitative estimate of drug-likeness (QED) is 0.753. The van der Waals surface area contributed by atoms with Gasteiger partial charge in [0.05, 0.1) is 25.8 Å². The van der Waals surface area contributed by atoms with Crippen LogP contribution in [-0.4, -0.2) is 34.1 Å². The number of rotatable bonds is 7. The highest BCUT2D eigenvalue weighted by Gasteiger charge is 2.03. The van der Waals surface area contributed by atoms with Gasteiger partial charge in [-0.2, -0.15) is 0 Å². The lowest BCUT2D eigenvalue weighted by Crippen LogP contribution is -2.29. The molecular formula is C13H16FN5O2. The Balaban J connectivity index is 1.75. The summed E-state index contributed by atoms with van der Waals surface area (Å²) in [7, 11) is 0. The van der Waals surface area contributed by atoms with E-state index in [-0.39, 0.29) is 24.8 Å². The number of ether oxygens (including phenoxy) is 1. The van der Waals surface area contributed by atoms with E-state index < -0.39 is 0 Å². The standard InChI is InChI=1S/C13H16FN5O2/c14-10-1-3-12(4-2-10)21-6-5-19-9-11(17-18-19)8-16-13(20)7-15/h1-4,9H,5-8,15H2,(H,16,20). The minimum Gasteiger partial charge on any atom is -0.492 e. The molecule has 0 unspecified atom stereocenters. The number of amides is 1. The van der Waals surface area contributed by atoms with Crippen LogP contribution in [0, 0.1) is 5.82 Å². The number of carbonyl (C=O) groups is 1. The predicted octanol–water partition coefficient (Wildman–Crippen LogP) is 0.0711. The molecular weight excluding hydrogens is 277 g/mol. The number of halogens is 1. The molecule has 0 radical (unpaired) electrons. The molecule has 21 heavy (non-hydrogen) atoms. The maximum absolute atomic E-state index is 12.7. The lowest BCUT2D eigenvalue weighted by atomic mass is 10.3. The average Bonchev–Trinajstić information content (AvgIpc) is 2.95. The number of benzene rings is 1. The van der Waals surface area contributed by atoms with E-state index in [1.807, 2.05) is 0 Å². The van der Waals surface area contributed by atoms with Gasteiger partial charge in [0.1, 0.15) is 23.9 Å². The molecule has 1 aromatic carbocycles. The third-order valence-electron chi connectivity index (χ3n) is 2.64. The molecule has 1 aromatic heterocycles. The van der Waals surface area contributed by atoms with E-state index in [0.29, 0.717) is 24.6 Å². The maximum atomic E-state index is 12.7. The van der Waals surface area contributed by atoms with Crippen LogP contribution in [0.1, 0.15) is 5.69 Å². The number of nitrogens with zero attached hydrogens (tertiary/aromatic N) is 3.